The van der Waals surface area contributed by atoms with Gasteiger partial charge < -0.3 is 20.5 Å². The number of nitrogens with one attached hydrogen (secondary N) is 1. The Bertz CT molecular complexity index is 648. The summed E-state index contributed by atoms with van der Waals surface area (Å²) in [5.74, 6) is 0.472. The normalized spacial score (nSPS) is 12.6. The molecule has 2 aromatic carbocycles. The molecule has 0 aliphatic carbocycles. The van der Waals surface area contributed by atoms with Crippen LogP contribution in [-0.2, 0) is 9.53 Å². The van der Waals surface area contributed by atoms with Crippen molar-refractivity contribution in [3.63, 3.8) is 0 Å². The van der Waals surface area contributed by atoms with Crippen LogP contribution in [0.1, 0.15) is 25.0 Å². The zero-order valence-electron chi connectivity index (χ0n) is 14.5. The van der Waals surface area contributed by atoms with E-state index in [1.54, 1.807) is 7.11 Å². The predicted octanol–water partition coefficient (Wildman–Crippen LogP) is 3.55. The minimum Gasteiger partial charge on any atom is -0.484 e. The van der Waals surface area contributed by atoms with E-state index in [0.717, 1.165) is 5.56 Å². The van der Waals surface area contributed by atoms with E-state index in [2.05, 4.69) is 5.32 Å². The van der Waals surface area contributed by atoms with E-state index < -0.39 is 0 Å². The van der Waals surface area contributed by atoms with Crippen LogP contribution in [0.4, 0.5) is 5.69 Å². The smallest absolute Gasteiger partial charge is 0.227 e. The lowest BCUT2D eigenvalue weighted by atomic mass is 10.1. The number of halogens is 1. The van der Waals surface area contributed by atoms with Gasteiger partial charge in [0.2, 0.25) is 5.91 Å². The molecule has 2 aromatic rings. The van der Waals surface area contributed by atoms with E-state index in [4.69, 9.17) is 15.2 Å². The molecule has 0 saturated carbocycles. The number of para-hydroxylation sites is 2. The number of benzene rings is 2. The maximum Gasteiger partial charge on any atom is 0.227 e. The molecule has 3 N–H and O–H groups in total. The monoisotopic (exact) mass is 364 g/mol. The van der Waals surface area contributed by atoms with Crippen LogP contribution in [0.2, 0.25) is 0 Å². The Kier molecular flexibility index (Phi) is 8.99. The first-order valence-electron chi connectivity index (χ1n) is 7.97. The van der Waals surface area contributed by atoms with Crippen molar-refractivity contribution >= 4 is 24.0 Å². The third kappa shape index (κ3) is 6.38. The fourth-order valence-corrected chi connectivity index (χ4v) is 2.33. The quantitative estimate of drug-likeness (QED) is 0.751. The molecule has 25 heavy (non-hydrogen) atoms. The first-order chi connectivity index (χ1) is 11.6. The van der Waals surface area contributed by atoms with Gasteiger partial charge in [-0.1, -0.05) is 42.5 Å². The second-order valence-electron chi connectivity index (χ2n) is 5.51. The molecule has 2 rings (SSSR count). The predicted molar refractivity (Wildman–Crippen MR) is 102 cm³/mol. The van der Waals surface area contributed by atoms with Gasteiger partial charge in [0, 0.05) is 13.7 Å². The summed E-state index contributed by atoms with van der Waals surface area (Å²) < 4.78 is 11.2. The number of carbonyl (C=O) groups is 1. The van der Waals surface area contributed by atoms with E-state index in [1.165, 1.54) is 0 Å². The van der Waals surface area contributed by atoms with E-state index in [0.29, 0.717) is 18.0 Å². The van der Waals surface area contributed by atoms with E-state index >= 15 is 0 Å². The molecular formula is C19H25ClN2O3. The SMILES string of the molecule is COC(CN)CC(=O)Nc1ccccc1OC(C)c1ccccc1.Cl. The van der Waals surface area contributed by atoms with Crippen molar-refractivity contribution < 1.29 is 14.3 Å². The molecule has 0 fully saturated rings. The van der Waals surface area contributed by atoms with Crippen LogP contribution in [-0.4, -0.2) is 25.7 Å². The van der Waals surface area contributed by atoms with Crippen molar-refractivity contribution in [2.45, 2.75) is 25.6 Å². The molecule has 0 aromatic heterocycles. The number of amides is 1. The Morgan fingerprint density at radius 1 is 1.12 bits per heavy atom. The highest BCUT2D eigenvalue weighted by Gasteiger charge is 2.15. The summed E-state index contributed by atoms with van der Waals surface area (Å²) in [7, 11) is 1.55. The maximum atomic E-state index is 12.1. The summed E-state index contributed by atoms with van der Waals surface area (Å²) in [6.07, 6.45) is -0.211. The highest BCUT2D eigenvalue weighted by Crippen LogP contribution is 2.29. The molecule has 5 nitrogen and oxygen atoms in total. The number of hydrogen-bond acceptors (Lipinski definition) is 4. The van der Waals surface area contributed by atoms with Crippen molar-refractivity contribution in [3.05, 3.63) is 60.2 Å². The lowest BCUT2D eigenvalue weighted by molar-refractivity contribution is -0.118. The average molecular weight is 365 g/mol. The van der Waals surface area contributed by atoms with Crippen LogP contribution in [0.5, 0.6) is 5.75 Å². The summed E-state index contributed by atoms with van der Waals surface area (Å²) in [5, 5.41) is 2.87. The highest BCUT2D eigenvalue weighted by atomic mass is 35.5. The fourth-order valence-electron chi connectivity index (χ4n) is 2.33. The number of hydrogen-bond donors (Lipinski definition) is 2. The van der Waals surface area contributed by atoms with Gasteiger partial charge in [0.1, 0.15) is 11.9 Å². The summed E-state index contributed by atoms with van der Waals surface area (Å²) in [6.45, 7) is 2.27. The van der Waals surface area contributed by atoms with Crippen LogP contribution in [0.15, 0.2) is 54.6 Å². The molecule has 0 radical (unpaired) electrons. The molecule has 0 bridgehead atoms. The third-order valence-electron chi connectivity index (χ3n) is 3.74. The Labute approximate surface area is 154 Å². The minimum absolute atomic E-state index is 0. The molecule has 0 saturated heterocycles. The van der Waals surface area contributed by atoms with Crippen molar-refractivity contribution in [1.82, 2.24) is 0 Å². The minimum atomic E-state index is -0.290. The summed E-state index contributed by atoms with van der Waals surface area (Å²) in [4.78, 5) is 12.1. The van der Waals surface area contributed by atoms with E-state index in [9.17, 15) is 4.79 Å². The number of anilines is 1. The van der Waals surface area contributed by atoms with Crippen molar-refractivity contribution in [3.8, 4) is 5.75 Å². The van der Waals surface area contributed by atoms with Gasteiger partial charge in [-0.05, 0) is 24.6 Å². The number of rotatable bonds is 8. The molecule has 0 spiro atoms. The lowest BCUT2D eigenvalue weighted by Crippen LogP contribution is -2.28. The van der Waals surface area contributed by atoms with Crippen molar-refractivity contribution in [2.24, 2.45) is 5.73 Å². The number of ether oxygens (including phenoxy) is 2. The van der Waals surface area contributed by atoms with E-state index in [-0.39, 0.29) is 36.9 Å². The average Bonchev–Trinajstić information content (AvgIpc) is 2.62. The first kappa shape index (κ1) is 21.0. The molecule has 2 atom stereocenters. The standard InChI is InChI=1S/C19H24N2O3.ClH/c1-14(15-8-4-3-5-9-15)24-18-11-7-6-10-17(18)21-19(22)12-16(13-20)23-2;/h3-11,14,16H,12-13,20H2,1-2H3,(H,21,22);1H. The highest BCUT2D eigenvalue weighted by molar-refractivity contribution is 5.92. The van der Waals surface area contributed by atoms with Crippen LogP contribution in [0.3, 0.4) is 0 Å². The van der Waals surface area contributed by atoms with Gasteiger partial charge >= 0.3 is 0 Å². The zero-order chi connectivity index (χ0) is 17.4. The first-order valence-corrected chi connectivity index (χ1v) is 7.97. The largest absolute Gasteiger partial charge is 0.484 e. The molecule has 0 aliphatic rings. The van der Waals surface area contributed by atoms with Crippen LogP contribution in [0, 0.1) is 0 Å². The number of nitrogens with two attached hydrogens (primary N) is 1. The van der Waals surface area contributed by atoms with Gasteiger partial charge in [0.05, 0.1) is 18.2 Å². The molecule has 0 heterocycles. The van der Waals surface area contributed by atoms with Gasteiger partial charge in [0.15, 0.2) is 0 Å². The molecule has 6 heteroatoms. The Morgan fingerprint density at radius 3 is 2.40 bits per heavy atom. The van der Waals surface area contributed by atoms with Gasteiger partial charge in [-0.25, -0.2) is 0 Å². The second-order valence-corrected chi connectivity index (χ2v) is 5.51. The van der Waals surface area contributed by atoms with Crippen LogP contribution in [0.25, 0.3) is 0 Å². The van der Waals surface area contributed by atoms with Crippen molar-refractivity contribution in [1.29, 1.82) is 0 Å². The van der Waals surface area contributed by atoms with Crippen molar-refractivity contribution in [2.75, 3.05) is 19.0 Å². The Hall–Kier alpha value is -2.08. The molecule has 0 aliphatic heterocycles. The molecule has 2 unspecified atom stereocenters. The number of carbonyl (C=O) groups excluding carboxylic acids is 1. The van der Waals surface area contributed by atoms with E-state index in [1.807, 2.05) is 61.5 Å². The second kappa shape index (κ2) is 10.7. The van der Waals surface area contributed by atoms with Gasteiger partial charge in [-0.3, -0.25) is 4.79 Å². The van der Waals surface area contributed by atoms with Crippen LogP contribution < -0.4 is 15.8 Å². The third-order valence-corrected chi connectivity index (χ3v) is 3.74. The van der Waals surface area contributed by atoms with Gasteiger partial charge in [-0.15, -0.1) is 12.4 Å². The summed E-state index contributed by atoms with van der Waals surface area (Å²) in [5.41, 5.74) is 7.26. The summed E-state index contributed by atoms with van der Waals surface area (Å²) in [6, 6.07) is 17.3. The Balaban J connectivity index is 0.00000312. The van der Waals surface area contributed by atoms with Crippen LogP contribution >= 0.6 is 12.4 Å². The lowest BCUT2D eigenvalue weighted by Gasteiger charge is -2.19. The van der Waals surface area contributed by atoms with Gasteiger partial charge in [-0.2, -0.15) is 0 Å². The maximum absolute atomic E-state index is 12.1. The molecule has 1 amide bonds. The zero-order valence-corrected chi connectivity index (χ0v) is 15.3. The Morgan fingerprint density at radius 2 is 1.76 bits per heavy atom. The summed E-state index contributed by atoms with van der Waals surface area (Å²) >= 11 is 0. The fraction of sp³-hybridized carbons (Fsp3) is 0.316. The van der Waals surface area contributed by atoms with Gasteiger partial charge in [0.25, 0.3) is 0 Å². The molecule has 136 valence electrons. The topological polar surface area (TPSA) is 73.6 Å². The number of methoxy groups -OCH3 is 1. The molecular weight excluding hydrogens is 340 g/mol.